The zero-order valence-corrected chi connectivity index (χ0v) is 12.9. The first-order chi connectivity index (χ1) is 10.1. The molecule has 1 fully saturated rings. The minimum absolute atomic E-state index is 0. The summed E-state index contributed by atoms with van der Waals surface area (Å²) < 4.78 is 11.0. The van der Waals surface area contributed by atoms with E-state index in [0.29, 0.717) is 5.76 Å². The summed E-state index contributed by atoms with van der Waals surface area (Å²) in [6.45, 7) is 0. The van der Waals surface area contributed by atoms with Gasteiger partial charge in [0.25, 0.3) is 5.91 Å². The average molecular weight is 323 g/mol. The van der Waals surface area contributed by atoms with E-state index < -0.39 is 11.5 Å². The van der Waals surface area contributed by atoms with Gasteiger partial charge >= 0.3 is 0 Å². The van der Waals surface area contributed by atoms with Crippen LogP contribution in [0.4, 0.5) is 0 Å². The van der Waals surface area contributed by atoms with Crippen LogP contribution in [0.25, 0.3) is 6.08 Å². The average Bonchev–Trinajstić information content (AvgIpc) is 3.04. The van der Waals surface area contributed by atoms with Crippen LogP contribution in [0.3, 0.4) is 0 Å². The lowest BCUT2D eigenvalue weighted by molar-refractivity contribution is -0.114. The monoisotopic (exact) mass is 322 g/mol. The molecule has 0 radical (unpaired) electrons. The zero-order valence-electron chi connectivity index (χ0n) is 12.1. The van der Waals surface area contributed by atoms with E-state index >= 15 is 0 Å². The summed E-state index contributed by atoms with van der Waals surface area (Å²) in [5.41, 5.74) is 5.79. The van der Waals surface area contributed by atoms with Crippen LogP contribution in [0, 0.1) is 5.41 Å². The summed E-state index contributed by atoms with van der Waals surface area (Å²) in [7, 11) is 0. The highest BCUT2D eigenvalue weighted by atomic mass is 35.5. The van der Waals surface area contributed by atoms with E-state index in [1.54, 1.807) is 18.4 Å². The molecule has 0 bridgehead atoms. The molecule has 0 aromatic carbocycles. The third-order valence-electron chi connectivity index (χ3n) is 4.15. The number of hydrogen-bond acceptors (Lipinski definition) is 4. The van der Waals surface area contributed by atoms with Crippen LogP contribution in [0.15, 0.2) is 40.0 Å². The van der Waals surface area contributed by atoms with E-state index in [1.165, 1.54) is 0 Å². The van der Waals surface area contributed by atoms with Crippen molar-refractivity contribution in [2.75, 3.05) is 0 Å². The highest BCUT2D eigenvalue weighted by molar-refractivity contribution is 6.19. The molecular weight excluding hydrogens is 304 g/mol. The van der Waals surface area contributed by atoms with Gasteiger partial charge in [-0.1, -0.05) is 12.5 Å². The number of ether oxygens (including phenoxy) is 1. The molecular formula is C16H19ClN2O3. The SMILES string of the molecule is Cl.N=C1OC2(CCCCC2)C(/C=C/c2ccco2)=C1C(N)=O. The molecule has 0 saturated heterocycles. The molecule has 2 heterocycles. The maximum Gasteiger partial charge on any atom is 0.254 e. The molecule has 1 aliphatic heterocycles. The lowest BCUT2D eigenvalue weighted by atomic mass is 9.78. The van der Waals surface area contributed by atoms with E-state index in [0.717, 1.165) is 37.7 Å². The van der Waals surface area contributed by atoms with Crippen LogP contribution in [0.2, 0.25) is 0 Å². The van der Waals surface area contributed by atoms with Gasteiger partial charge in [0.05, 0.1) is 6.26 Å². The minimum Gasteiger partial charge on any atom is -0.466 e. The Kier molecular flexibility index (Phi) is 4.76. The number of hydrogen-bond donors (Lipinski definition) is 2. The standard InChI is InChI=1S/C16H18N2O3.ClH/c17-14(19)13-12(7-6-11-5-4-10-20-11)16(21-15(13)18)8-2-1-3-9-16;/h4-7,10,18H,1-3,8-9H2,(H2,17,19);1H/b7-6+,18-15?;. The van der Waals surface area contributed by atoms with Crippen molar-refractivity contribution in [1.29, 1.82) is 5.41 Å². The molecule has 1 amide bonds. The predicted octanol–water partition coefficient (Wildman–Crippen LogP) is 3.21. The minimum atomic E-state index is -0.610. The highest BCUT2D eigenvalue weighted by Gasteiger charge is 2.46. The molecule has 0 unspecified atom stereocenters. The van der Waals surface area contributed by atoms with E-state index in [4.69, 9.17) is 20.3 Å². The van der Waals surface area contributed by atoms with Gasteiger partial charge in [-0.25, -0.2) is 0 Å². The molecule has 1 saturated carbocycles. The van der Waals surface area contributed by atoms with Crippen molar-refractivity contribution in [2.24, 2.45) is 5.73 Å². The van der Waals surface area contributed by atoms with E-state index in [2.05, 4.69) is 0 Å². The Morgan fingerprint density at radius 3 is 2.59 bits per heavy atom. The number of halogens is 1. The number of primary amides is 1. The van der Waals surface area contributed by atoms with Crippen LogP contribution in [-0.2, 0) is 9.53 Å². The molecule has 0 atom stereocenters. The maximum atomic E-state index is 11.7. The van der Waals surface area contributed by atoms with Crippen molar-refractivity contribution in [3.63, 3.8) is 0 Å². The first-order valence-electron chi connectivity index (χ1n) is 7.16. The summed E-state index contributed by atoms with van der Waals surface area (Å²) >= 11 is 0. The van der Waals surface area contributed by atoms with Gasteiger partial charge in [-0.2, -0.15) is 0 Å². The Balaban J connectivity index is 0.00000176. The molecule has 1 aliphatic carbocycles. The maximum absolute atomic E-state index is 11.7. The molecule has 118 valence electrons. The summed E-state index contributed by atoms with van der Waals surface area (Å²) in [6.07, 6.45) is 10.0. The number of amides is 1. The van der Waals surface area contributed by atoms with Crippen molar-refractivity contribution in [1.82, 2.24) is 0 Å². The largest absolute Gasteiger partial charge is 0.466 e. The number of rotatable bonds is 3. The van der Waals surface area contributed by atoms with Crippen molar-refractivity contribution in [3.8, 4) is 0 Å². The normalized spacial score (nSPS) is 20.3. The summed E-state index contributed by atoms with van der Waals surface area (Å²) in [4.78, 5) is 11.7. The van der Waals surface area contributed by atoms with Crippen LogP contribution in [0.5, 0.6) is 0 Å². The Morgan fingerprint density at radius 2 is 2.00 bits per heavy atom. The third-order valence-corrected chi connectivity index (χ3v) is 4.15. The van der Waals surface area contributed by atoms with Gasteiger partial charge in [-0.3, -0.25) is 10.2 Å². The first kappa shape index (κ1) is 16.4. The van der Waals surface area contributed by atoms with E-state index in [1.807, 2.05) is 12.1 Å². The summed E-state index contributed by atoms with van der Waals surface area (Å²) in [5.74, 6) is -0.0271. The van der Waals surface area contributed by atoms with Crippen molar-refractivity contribution >= 4 is 30.3 Å². The molecule has 1 spiro atoms. The van der Waals surface area contributed by atoms with Gasteiger partial charge < -0.3 is 14.9 Å². The molecule has 5 nitrogen and oxygen atoms in total. The zero-order chi connectivity index (χ0) is 14.9. The number of carbonyl (C=O) groups excluding carboxylic acids is 1. The van der Waals surface area contributed by atoms with Crippen LogP contribution in [-0.4, -0.2) is 17.4 Å². The van der Waals surface area contributed by atoms with Crippen molar-refractivity contribution in [3.05, 3.63) is 41.4 Å². The summed E-state index contributed by atoms with van der Waals surface area (Å²) in [5, 5.41) is 7.94. The van der Waals surface area contributed by atoms with Gasteiger partial charge in [0.2, 0.25) is 5.90 Å². The fourth-order valence-electron chi connectivity index (χ4n) is 3.18. The number of carbonyl (C=O) groups is 1. The van der Waals surface area contributed by atoms with Gasteiger partial charge in [-0.15, -0.1) is 12.4 Å². The molecule has 1 aromatic heterocycles. The third kappa shape index (κ3) is 2.81. The number of nitrogens with two attached hydrogens (primary N) is 1. The quantitative estimate of drug-likeness (QED) is 0.895. The smallest absolute Gasteiger partial charge is 0.254 e. The second-order valence-electron chi connectivity index (χ2n) is 5.49. The Labute approximate surface area is 135 Å². The molecule has 3 N–H and O–H groups in total. The Morgan fingerprint density at radius 1 is 1.27 bits per heavy atom. The van der Waals surface area contributed by atoms with Crippen LogP contribution >= 0.6 is 12.4 Å². The van der Waals surface area contributed by atoms with Crippen LogP contribution in [0.1, 0.15) is 37.9 Å². The molecule has 3 rings (SSSR count). The van der Waals surface area contributed by atoms with E-state index in [9.17, 15) is 4.79 Å². The van der Waals surface area contributed by atoms with Gasteiger partial charge in [0.15, 0.2) is 0 Å². The Hall–Kier alpha value is -2.01. The Bertz CT molecular complexity index is 626. The van der Waals surface area contributed by atoms with Gasteiger partial charge in [0, 0.05) is 5.57 Å². The lowest BCUT2D eigenvalue weighted by Gasteiger charge is -2.34. The number of nitrogens with one attached hydrogen (secondary N) is 1. The lowest BCUT2D eigenvalue weighted by Crippen LogP contribution is -2.33. The van der Waals surface area contributed by atoms with Crippen molar-refractivity contribution < 1.29 is 13.9 Å². The van der Waals surface area contributed by atoms with Gasteiger partial charge in [-0.05, 0) is 43.9 Å². The molecule has 1 aromatic rings. The molecule has 2 aliphatic rings. The second kappa shape index (κ2) is 6.40. The topological polar surface area (TPSA) is 89.3 Å². The predicted molar refractivity (Wildman–Crippen MR) is 85.8 cm³/mol. The first-order valence-corrected chi connectivity index (χ1v) is 7.16. The fourth-order valence-corrected chi connectivity index (χ4v) is 3.18. The fraction of sp³-hybridized carbons (Fsp3) is 0.375. The number of furan rings is 1. The van der Waals surface area contributed by atoms with Crippen molar-refractivity contribution in [2.45, 2.75) is 37.7 Å². The van der Waals surface area contributed by atoms with Gasteiger partial charge in [0.1, 0.15) is 16.9 Å². The molecule has 22 heavy (non-hydrogen) atoms. The second-order valence-corrected chi connectivity index (χ2v) is 5.49. The molecule has 6 heteroatoms. The van der Waals surface area contributed by atoms with Crippen LogP contribution < -0.4 is 5.73 Å². The highest BCUT2D eigenvalue weighted by Crippen LogP contribution is 2.44. The summed E-state index contributed by atoms with van der Waals surface area (Å²) in [6, 6.07) is 3.63. The van der Waals surface area contributed by atoms with E-state index in [-0.39, 0.29) is 23.9 Å².